The largest absolute Gasteiger partial charge is 0.316 e. The Labute approximate surface area is 131 Å². The molecule has 0 aliphatic carbocycles. The van der Waals surface area contributed by atoms with Crippen LogP contribution in [-0.4, -0.2) is 27.3 Å². The molecule has 1 aromatic carbocycles. The third-order valence-electron chi connectivity index (χ3n) is 3.12. The monoisotopic (exact) mass is 384 g/mol. The Hall–Kier alpha value is -0.370. The van der Waals surface area contributed by atoms with E-state index in [0.29, 0.717) is 6.54 Å². The second-order valence-corrected chi connectivity index (χ2v) is 7.87. The van der Waals surface area contributed by atoms with E-state index in [9.17, 15) is 12.8 Å². The molecule has 2 N–H and O–H groups in total. The zero-order valence-electron chi connectivity index (χ0n) is 10.6. The van der Waals surface area contributed by atoms with Crippen molar-refractivity contribution in [1.29, 1.82) is 0 Å². The van der Waals surface area contributed by atoms with Gasteiger partial charge in [0.2, 0.25) is 10.0 Å². The fourth-order valence-corrected chi connectivity index (χ4v) is 4.82. The van der Waals surface area contributed by atoms with Crippen molar-refractivity contribution >= 4 is 43.2 Å². The fraction of sp³-hybridized carbons (Fsp3) is 0.500. The third-order valence-corrected chi connectivity index (χ3v) is 5.47. The lowest BCUT2D eigenvalue weighted by Gasteiger charge is -2.23. The second-order valence-electron chi connectivity index (χ2n) is 4.84. The van der Waals surface area contributed by atoms with E-state index < -0.39 is 15.8 Å². The quantitative estimate of drug-likeness (QED) is 0.838. The number of piperidine rings is 1. The van der Waals surface area contributed by atoms with Crippen molar-refractivity contribution in [3.8, 4) is 0 Å². The molecule has 1 atom stereocenters. The van der Waals surface area contributed by atoms with Gasteiger partial charge in [0, 0.05) is 4.47 Å². The van der Waals surface area contributed by atoms with Gasteiger partial charge in [0.05, 0.1) is 16.5 Å². The number of sulfonamides is 1. The number of nitrogens with one attached hydrogen (secondary N) is 2. The minimum absolute atomic E-state index is 0.0279. The molecule has 4 nitrogen and oxygen atoms in total. The Morgan fingerprint density at radius 3 is 2.85 bits per heavy atom. The highest BCUT2D eigenvalue weighted by molar-refractivity contribution is 9.10. The molecule has 112 valence electrons. The van der Waals surface area contributed by atoms with Gasteiger partial charge < -0.3 is 5.32 Å². The van der Waals surface area contributed by atoms with E-state index >= 15 is 0 Å². The molecular formula is C12H15BrClFN2O2S. The van der Waals surface area contributed by atoms with Gasteiger partial charge in [-0.2, -0.15) is 0 Å². The molecule has 1 aliphatic heterocycles. The summed E-state index contributed by atoms with van der Waals surface area (Å²) in [5.74, 6) is -0.416. The SMILES string of the molecule is O=S(=O)(CC1CCCNC1)Nc1c(Cl)cc(F)cc1Br. The molecule has 1 unspecified atom stereocenters. The molecule has 2 rings (SSSR count). The van der Waals surface area contributed by atoms with Crippen LogP contribution in [0.15, 0.2) is 16.6 Å². The Bertz CT molecular complexity index is 568. The molecular weight excluding hydrogens is 371 g/mol. The standard InChI is InChI=1S/C12H15BrClFN2O2S/c13-10-4-9(15)5-11(14)12(10)17-20(18,19)7-8-2-1-3-16-6-8/h4-5,8,16-17H,1-3,6-7H2. The molecule has 1 aromatic rings. The van der Waals surface area contributed by atoms with E-state index in [1.54, 1.807) is 0 Å². The minimum Gasteiger partial charge on any atom is -0.316 e. The summed E-state index contributed by atoms with van der Waals surface area (Å²) in [6.07, 6.45) is 1.85. The summed E-state index contributed by atoms with van der Waals surface area (Å²) in [5.41, 5.74) is 0.178. The molecule has 20 heavy (non-hydrogen) atoms. The molecule has 1 aliphatic rings. The molecule has 0 amide bonds. The number of anilines is 1. The summed E-state index contributed by atoms with van der Waals surface area (Å²) in [6.45, 7) is 1.62. The summed E-state index contributed by atoms with van der Waals surface area (Å²) >= 11 is 8.99. The van der Waals surface area contributed by atoms with Gasteiger partial charge >= 0.3 is 0 Å². The van der Waals surface area contributed by atoms with Crippen molar-refractivity contribution in [1.82, 2.24) is 5.32 Å². The molecule has 0 bridgehead atoms. The van der Waals surface area contributed by atoms with Gasteiger partial charge in [-0.15, -0.1) is 0 Å². The van der Waals surface area contributed by atoms with Crippen LogP contribution in [0.5, 0.6) is 0 Å². The zero-order chi connectivity index (χ0) is 14.8. The Balaban J connectivity index is 2.11. The first-order valence-electron chi connectivity index (χ1n) is 6.23. The van der Waals surface area contributed by atoms with Crippen LogP contribution in [0.4, 0.5) is 10.1 Å². The van der Waals surface area contributed by atoms with E-state index in [0.717, 1.165) is 25.5 Å². The zero-order valence-corrected chi connectivity index (χ0v) is 13.8. The van der Waals surface area contributed by atoms with Gasteiger partial charge in [0.15, 0.2) is 0 Å². The highest BCUT2D eigenvalue weighted by Crippen LogP contribution is 2.32. The predicted octanol–water partition coefficient (Wildman–Crippen LogP) is 2.98. The highest BCUT2D eigenvalue weighted by Gasteiger charge is 2.22. The summed E-state index contributed by atoms with van der Waals surface area (Å²) < 4.78 is 40.1. The first kappa shape index (κ1) is 16.0. The number of hydrogen-bond acceptors (Lipinski definition) is 3. The van der Waals surface area contributed by atoms with E-state index in [4.69, 9.17) is 11.6 Å². The number of rotatable bonds is 4. The van der Waals surface area contributed by atoms with E-state index in [-0.39, 0.29) is 26.9 Å². The van der Waals surface area contributed by atoms with Crippen LogP contribution in [0.2, 0.25) is 5.02 Å². The molecule has 1 heterocycles. The molecule has 0 saturated carbocycles. The summed E-state index contributed by atoms with van der Waals surface area (Å²) in [7, 11) is -3.52. The normalized spacial score (nSPS) is 19.9. The van der Waals surface area contributed by atoms with Gasteiger partial charge in [0.1, 0.15) is 5.82 Å². The number of halogens is 3. The van der Waals surface area contributed by atoms with Gasteiger partial charge in [-0.05, 0) is 59.9 Å². The van der Waals surface area contributed by atoms with Crippen molar-refractivity contribution in [3.63, 3.8) is 0 Å². The van der Waals surface area contributed by atoms with Crippen LogP contribution in [0, 0.1) is 11.7 Å². The summed E-state index contributed by atoms with van der Waals surface area (Å²) in [4.78, 5) is 0. The highest BCUT2D eigenvalue weighted by atomic mass is 79.9. The Kier molecular flexibility index (Phi) is 5.28. The summed E-state index contributed by atoms with van der Waals surface area (Å²) in [5, 5.41) is 3.20. The van der Waals surface area contributed by atoms with Gasteiger partial charge in [-0.25, -0.2) is 12.8 Å². The predicted molar refractivity (Wildman–Crippen MR) is 82.1 cm³/mol. The molecule has 1 fully saturated rings. The van der Waals surface area contributed by atoms with Crippen LogP contribution in [-0.2, 0) is 10.0 Å². The van der Waals surface area contributed by atoms with Crippen molar-refractivity contribution in [2.75, 3.05) is 23.6 Å². The average molecular weight is 386 g/mol. The first-order valence-corrected chi connectivity index (χ1v) is 9.05. The first-order chi connectivity index (χ1) is 9.37. The molecule has 0 radical (unpaired) electrons. The van der Waals surface area contributed by atoms with Crippen LogP contribution in [0.25, 0.3) is 0 Å². The average Bonchev–Trinajstić information content (AvgIpc) is 2.34. The number of benzene rings is 1. The number of hydrogen-bond donors (Lipinski definition) is 2. The lowest BCUT2D eigenvalue weighted by atomic mass is 10.0. The molecule has 1 saturated heterocycles. The van der Waals surface area contributed by atoms with Crippen molar-refractivity contribution in [2.24, 2.45) is 5.92 Å². The third kappa shape index (κ3) is 4.31. The Morgan fingerprint density at radius 2 is 2.25 bits per heavy atom. The minimum atomic E-state index is -3.52. The van der Waals surface area contributed by atoms with Crippen LogP contribution in [0.3, 0.4) is 0 Å². The van der Waals surface area contributed by atoms with Crippen molar-refractivity contribution in [2.45, 2.75) is 12.8 Å². The maximum Gasteiger partial charge on any atom is 0.233 e. The lowest BCUT2D eigenvalue weighted by molar-refractivity contribution is 0.404. The van der Waals surface area contributed by atoms with Crippen LogP contribution >= 0.6 is 27.5 Å². The molecule has 0 spiro atoms. The van der Waals surface area contributed by atoms with Gasteiger partial charge in [-0.3, -0.25) is 4.72 Å². The smallest absolute Gasteiger partial charge is 0.233 e. The van der Waals surface area contributed by atoms with Crippen LogP contribution < -0.4 is 10.0 Å². The van der Waals surface area contributed by atoms with Crippen LogP contribution in [0.1, 0.15) is 12.8 Å². The molecule has 0 aromatic heterocycles. The van der Waals surface area contributed by atoms with E-state index in [2.05, 4.69) is 26.0 Å². The maximum atomic E-state index is 13.1. The van der Waals surface area contributed by atoms with Crippen molar-refractivity contribution < 1.29 is 12.8 Å². The fourth-order valence-electron chi connectivity index (χ4n) is 2.21. The van der Waals surface area contributed by atoms with E-state index in [1.807, 2.05) is 0 Å². The topological polar surface area (TPSA) is 58.2 Å². The van der Waals surface area contributed by atoms with Gasteiger partial charge in [-0.1, -0.05) is 11.6 Å². The second kappa shape index (κ2) is 6.60. The lowest BCUT2D eigenvalue weighted by Crippen LogP contribution is -2.35. The molecule has 8 heteroatoms. The van der Waals surface area contributed by atoms with Gasteiger partial charge in [0.25, 0.3) is 0 Å². The summed E-state index contributed by atoms with van der Waals surface area (Å²) in [6, 6.07) is 2.25. The van der Waals surface area contributed by atoms with E-state index in [1.165, 1.54) is 6.07 Å². The van der Waals surface area contributed by atoms with Crippen molar-refractivity contribution in [3.05, 3.63) is 27.4 Å². The maximum absolute atomic E-state index is 13.1. The Morgan fingerprint density at radius 1 is 1.50 bits per heavy atom.